The third-order valence-electron chi connectivity index (χ3n) is 2.32. The molecule has 5 nitrogen and oxygen atoms in total. The molecule has 1 fully saturated rings. The fraction of sp³-hybridized carbons (Fsp3) is 0.900. The van der Waals surface area contributed by atoms with Gasteiger partial charge in [-0.05, 0) is 20.3 Å². The van der Waals surface area contributed by atoms with Crippen molar-refractivity contribution in [1.82, 2.24) is 10.6 Å². The van der Waals surface area contributed by atoms with Gasteiger partial charge >= 0.3 is 0 Å². The molecule has 88 valence electrons. The molecule has 0 saturated carbocycles. The molecule has 0 spiro atoms. The fourth-order valence-corrected chi connectivity index (χ4v) is 1.65. The molecule has 1 rings (SSSR count). The van der Waals surface area contributed by atoms with Gasteiger partial charge in [-0.1, -0.05) is 0 Å². The highest BCUT2D eigenvalue weighted by atomic mass is 16.5. The first-order valence-electron chi connectivity index (χ1n) is 5.39. The van der Waals surface area contributed by atoms with E-state index in [0.29, 0.717) is 26.2 Å². The molecule has 5 heteroatoms. The minimum atomic E-state index is -0.393. The number of hydrogen-bond donors (Lipinski definition) is 3. The Morgan fingerprint density at radius 2 is 2.40 bits per heavy atom. The largest absolute Gasteiger partial charge is 0.393 e. The Morgan fingerprint density at radius 3 is 2.93 bits per heavy atom. The van der Waals surface area contributed by atoms with Crippen LogP contribution in [0.25, 0.3) is 0 Å². The number of carbonyl (C=O) groups is 1. The summed E-state index contributed by atoms with van der Waals surface area (Å²) in [7, 11) is 0. The van der Waals surface area contributed by atoms with Gasteiger partial charge in [-0.15, -0.1) is 0 Å². The van der Waals surface area contributed by atoms with Crippen LogP contribution >= 0.6 is 0 Å². The minimum absolute atomic E-state index is 0.0128. The Bertz CT molecular complexity index is 203. The second-order valence-corrected chi connectivity index (χ2v) is 4.08. The summed E-state index contributed by atoms with van der Waals surface area (Å²) in [6.45, 7) is 5.39. The maximum absolute atomic E-state index is 11.7. The topological polar surface area (TPSA) is 70.6 Å². The molecule has 1 aliphatic heterocycles. The zero-order valence-electron chi connectivity index (χ0n) is 9.32. The summed E-state index contributed by atoms with van der Waals surface area (Å²) < 4.78 is 5.19. The number of hydrogen-bond acceptors (Lipinski definition) is 4. The van der Waals surface area contributed by atoms with Crippen molar-refractivity contribution >= 4 is 5.91 Å². The quantitative estimate of drug-likeness (QED) is 0.578. The molecule has 3 N–H and O–H groups in total. The second-order valence-electron chi connectivity index (χ2n) is 4.08. The standard InChI is InChI=1S/C10H20N2O3/c1-7(5-8(2)13)12-10(14)9-6-15-4-3-11-9/h7-9,11,13H,3-6H2,1-2H3,(H,12,14). The average molecular weight is 216 g/mol. The molecule has 3 unspecified atom stereocenters. The molecule has 0 bridgehead atoms. The highest BCUT2D eigenvalue weighted by molar-refractivity contribution is 5.82. The first-order valence-corrected chi connectivity index (χ1v) is 5.39. The summed E-state index contributed by atoms with van der Waals surface area (Å²) >= 11 is 0. The third-order valence-corrected chi connectivity index (χ3v) is 2.32. The second kappa shape index (κ2) is 6.05. The van der Waals surface area contributed by atoms with Gasteiger partial charge in [0, 0.05) is 12.6 Å². The maximum atomic E-state index is 11.7. The smallest absolute Gasteiger partial charge is 0.239 e. The van der Waals surface area contributed by atoms with E-state index >= 15 is 0 Å². The third kappa shape index (κ3) is 4.59. The Morgan fingerprint density at radius 1 is 1.67 bits per heavy atom. The van der Waals surface area contributed by atoms with Crippen molar-refractivity contribution in [3.8, 4) is 0 Å². The van der Waals surface area contributed by atoms with E-state index in [4.69, 9.17) is 9.84 Å². The number of ether oxygens (including phenoxy) is 1. The Balaban J connectivity index is 2.27. The SMILES string of the molecule is CC(O)CC(C)NC(=O)C1COCCN1. The summed E-state index contributed by atoms with van der Waals surface area (Å²) in [5.41, 5.74) is 0. The molecule has 3 atom stereocenters. The Hall–Kier alpha value is -0.650. The molecule has 0 aromatic heterocycles. The number of rotatable bonds is 4. The number of nitrogens with one attached hydrogen (secondary N) is 2. The summed E-state index contributed by atoms with van der Waals surface area (Å²) in [6.07, 6.45) is 0.176. The molecule has 0 radical (unpaired) electrons. The van der Waals surface area contributed by atoms with E-state index in [0.717, 1.165) is 0 Å². The lowest BCUT2D eigenvalue weighted by atomic mass is 10.1. The van der Waals surface area contributed by atoms with Gasteiger partial charge in [0.05, 0.1) is 19.3 Å². The van der Waals surface area contributed by atoms with Crippen LogP contribution in [0.2, 0.25) is 0 Å². The number of amides is 1. The van der Waals surface area contributed by atoms with E-state index in [2.05, 4.69) is 10.6 Å². The number of morpholine rings is 1. The summed E-state index contributed by atoms with van der Waals surface area (Å²) in [5.74, 6) is -0.0529. The average Bonchev–Trinajstić information content (AvgIpc) is 2.17. The van der Waals surface area contributed by atoms with Crippen molar-refractivity contribution < 1.29 is 14.6 Å². The van der Waals surface area contributed by atoms with E-state index in [9.17, 15) is 4.79 Å². The van der Waals surface area contributed by atoms with Crippen LogP contribution in [0, 0.1) is 0 Å². The predicted molar refractivity (Wildman–Crippen MR) is 56.5 cm³/mol. The maximum Gasteiger partial charge on any atom is 0.239 e. The van der Waals surface area contributed by atoms with Gasteiger partial charge in [0.2, 0.25) is 5.91 Å². The van der Waals surface area contributed by atoms with Gasteiger partial charge in [0.1, 0.15) is 6.04 Å². The van der Waals surface area contributed by atoms with Gasteiger partial charge in [0.25, 0.3) is 0 Å². The van der Waals surface area contributed by atoms with Crippen LogP contribution in [0.4, 0.5) is 0 Å². The van der Waals surface area contributed by atoms with Crippen molar-refractivity contribution in [2.75, 3.05) is 19.8 Å². The highest BCUT2D eigenvalue weighted by Crippen LogP contribution is 1.99. The monoisotopic (exact) mass is 216 g/mol. The van der Waals surface area contributed by atoms with Crippen LogP contribution < -0.4 is 10.6 Å². The van der Waals surface area contributed by atoms with E-state index in [-0.39, 0.29) is 18.0 Å². The molecule has 1 aliphatic rings. The van der Waals surface area contributed by atoms with Crippen LogP contribution in [0.1, 0.15) is 20.3 Å². The van der Waals surface area contributed by atoms with Crippen molar-refractivity contribution in [1.29, 1.82) is 0 Å². The van der Waals surface area contributed by atoms with Crippen molar-refractivity contribution in [2.24, 2.45) is 0 Å². The highest BCUT2D eigenvalue weighted by Gasteiger charge is 2.22. The molecular formula is C10H20N2O3. The zero-order valence-corrected chi connectivity index (χ0v) is 9.32. The molecular weight excluding hydrogens is 196 g/mol. The molecule has 0 aromatic carbocycles. The molecule has 1 heterocycles. The summed E-state index contributed by atoms with van der Waals surface area (Å²) in [5, 5.41) is 15.1. The van der Waals surface area contributed by atoms with Gasteiger partial charge in [-0.25, -0.2) is 0 Å². The summed E-state index contributed by atoms with van der Waals surface area (Å²) in [6, 6.07) is -0.267. The number of aliphatic hydroxyl groups is 1. The van der Waals surface area contributed by atoms with Crippen LogP contribution in [0.15, 0.2) is 0 Å². The zero-order chi connectivity index (χ0) is 11.3. The first kappa shape index (κ1) is 12.4. The Labute approximate surface area is 90.2 Å². The normalized spacial score (nSPS) is 25.7. The number of carbonyl (C=O) groups excluding carboxylic acids is 1. The summed E-state index contributed by atoms with van der Waals surface area (Å²) in [4.78, 5) is 11.7. The van der Waals surface area contributed by atoms with E-state index < -0.39 is 6.10 Å². The van der Waals surface area contributed by atoms with Crippen LogP contribution in [0.3, 0.4) is 0 Å². The molecule has 0 aromatic rings. The van der Waals surface area contributed by atoms with E-state index in [1.165, 1.54) is 0 Å². The molecule has 15 heavy (non-hydrogen) atoms. The molecule has 1 saturated heterocycles. The Kier molecular flexibility index (Phi) is 5.01. The van der Waals surface area contributed by atoms with Crippen molar-refractivity contribution in [2.45, 2.75) is 38.5 Å². The van der Waals surface area contributed by atoms with Gasteiger partial charge in [-0.3, -0.25) is 4.79 Å². The van der Waals surface area contributed by atoms with Gasteiger partial charge < -0.3 is 20.5 Å². The lowest BCUT2D eigenvalue weighted by Crippen LogP contribution is -2.53. The van der Waals surface area contributed by atoms with Gasteiger partial charge in [0.15, 0.2) is 0 Å². The van der Waals surface area contributed by atoms with Crippen molar-refractivity contribution in [3.05, 3.63) is 0 Å². The van der Waals surface area contributed by atoms with E-state index in [1.807, 2.05) is 6.92 Å². The fourth-order valence-electron chi connectivity index (χ4n) is 1.65. The van der Waals surface area contributed by atoms with Crippen LogP contribution in [-0.4, -0.2) is 49.0 Å². The van der Waals surface area contributed by atoms with Crippen LogP contribution in [-0.2, 0) is 9.53 Å². The van der Waals surface area contributed by atoms with Crippen molar-refractivity contribution in [3.63, 3.8) is 0 Å². The lowest BCUT2D eigenvalue weighted by Gasteiger charge is -2.25. The predicted octanol–water partition coefficient (Wildman–Crippen LogP) is -0.750. The van der Waals surface area contributed by atoms with Crippen LogP contribution in [0.5, 0.6) is 0 Å². The lowest BCUT2D eigenvalue weighted by molar-refractivity contribution is -0.126. The molecule has 0 aliphatic carbocycles. The molecule has 1 amide bonds. The van der Waals surface area contributed by atoms with E-state index in [1.54, 1.807) is 6.92 Å². The van der Waals surface area contributed by atoms with Gasteiger partial charge in [-0.2, -0.15) is 0 Å². The first-order chi connectivity index (χ1) is 7.09. The number of aliphatic hydroxyl groups excluding tert-OH is 1. The minimum Gasteiger partial charge on any atom is -0.393 e.